The van der Waals surface area contributed by atoms with Crippen LogP contribution in [-0.2, 0) is 13.5 Å². The van der Waals surface area contributed by atoms with Crippen molar-refractivity contribution in [2.45, 2.75) is 39.2 Å². The second-order valence-electron chi connectivity index (χ2n) is 5.72. The second-order valence-corrected chi connectivity index (χ2v) is 5.72. The Morgan fingerprint density at radius 3 is 2.74 bits per heavy atom. The molecule has 0 saturated carbocycles. The average molecular weight is 264 g/mol. The number of piperidine rings is 1. The lowest BCUT2D eigenvalue weighted by atomic mass is 9.90. The molecule has 1 fully saturated rings. The van der Waals surface area contributed by atoms with Gasteiger partial charge in [-0.2, -0.15) is 0 Å². The Labute approximate surface area is 117 Å². The Hall–Kier alpha value is -0.870. The topological polar surface area (TPSA) is 33.1 Å². The summed E-state index contributed by atoms with van der Waals surface area (Å²) in [7, 11) is 2.06. The third kappa shape index (κ3) is 4.05. The van der Waals surface area contributed by atoms with E-state index in [1.54, 1.807) is 0 Å². The molecule has 1 aromatic rings. The Morgan fingerprint density at radius 2 is 2.16 bits per heavy atom. The van der Waals surface area contributed by atoms with E-state index in [4.69, 9.17) is 0 Å². The number of imidazole rings is 1. The molecule has 2 heterocycles. The molecule has 1 aliphatic heterocycles. The van der Waals surface area contributed by atoms with E-state index in [-0.39, 0.29) is 0 Å². The highest BCUT2D eigenvalue weighted by Gasteiger charge is 2.22. The number of aromatic nitrogens is 2. The molecule has 0 aromatic carbocycles. The van der Waals surface area contributed by atoms with Gasteiger partial charge in [-0.3, -0.25) is 0 Å². The number of nitrogens with one attached hydrogen (secondary N) is 1. The first kappa shape index (κ1) is 14.5. The zero-order valence-electron chi connectivity index (χ0n) is 12.6. The van der Waals surface area contributed by atoms with Gasteiger partial charge in [0, 0.05) is 38.4 Å². The molecule has 1 unspecified atom stereocenters. The molecule has 2 rings (SSSR count). The van der Waals surface area contributed by atoms with Gasteiger partial charge in [-0.25, -0.2) is 4.98 Å². The van der Waals surface area contributed by atoms with Gasteiger partial charge in [-0.15, -0.1) is 0 Å². The smallest absolute Gasteiger partial charge is 0.109 e. The molecule has 108 valence electrons. The van der Waals surface area contributed by atoms with E-state index in [9.17, 15) is 0 Å². The summed E-state index contributed by atoms with van der Waals surface area (Å²) in [5.41, 5.74) is 0. The third-order valence-corrected chi connectivity index (χ3v) is 4.52. The number of hydrogen-bond donors (Lipinski definition) is 1. The van der Waals surface area contributed by atoms with E-state index in [2.05, 4.69) is 40.7 Å². The van der Waals surface area contributed by atoms with Crippen molar-refractivity contribution in [3.8, 4) is 0 Å². The minimum atomic E-state index is 0.624. The summed E-state index contributed by atoms with van der Waals surface area (Å²) in [5.74, 6) is 2.00. The van der Waals surface area contributed by atoms with Crippen LogP contribution in [0.2, 0.25) is 0 Å². The van der Waals surface area contributed by atoms with Crippen LogP contribution in [0.25, 0.3) is 0 Å². The molecule has 1 saturated heterocycles. The maximum absolute atomic E-state index is 4.36. The summed E-state index contributed by atoms with van der Waals surface area (Å²) >= 11 is 0. The summed E-state index contributed by atoms with van der Waals surface area (Å²) in [4.78, 5) is 6.92. The summed E-state index contributed by atoms with van der Waals surface area (Å²) in [5, 5.41) is 3.68. The fraction of sp³-hybridized carbons (Fsp3) is 0.800. The fourth-order valence-corrected chi connectivity index (χ4v) is 2.98. The summed E-state index contributed by atoms with van der Waals surface area (Å²) in [6.07, 6.45) is 7.58. The molecule has 1 atom stereocenters. The minimum absolute atomic E-state index is 0.624. The molecule has 1 aromatic heterocycles. The van der Waals surface area contributed by atoms with Crippen LogP contribution in [0.1, 0.15) is 32.5 Å². The zero-order chi connectivity index (χ0) is 13.7. The maximum atomic E-state index is 4.36. The van der Waals surface area contributed by atoms with E-state index < -0.39 is 0 Å². The van der Waals surface area contributed by atoms with Crippen molar-refractivity contribution >= 4 is 0 Å². The Morgan fingerprint density at radius 1 is 1.42 bits per heavy atom. The molecule has 1 aliphatic rings. The molecule has 0 aliphatic carbocycles. The highest BCUT2D eigenvalue weighted by atomic mass is 15.1. The highest BCUT2D eigenvalue weighted by Crippen LogP contribution is 2.20. The van der Waals surface area contributed by atoms with Gasteiger partial charge in [0.15, 0.2) is 0 Å². The van der Waals surface area contributed by atoms with Crippen LogP contribution >= 0.6 is 0 Å². The van der Waals surface area contributed by atoms with Crippen LogP contribution < -0.4 is 5.32 Å². The van der Waals surface area contributed by atoms with Crippen molar-refractivity contribution in [3.05, 3.63) is 18.2 Å². The van der Waals surface area contributed by atoms with Gasteiger partial charge in [0.05, 0.1) is 0 Å². The maximum Gasteiger partial charge on any atom is 0.109 e. The van der Waals surface area contributed by atoms with Crippen molar-refractivity contribution in [2.24, 2.45) is 13.0 Å². The zero-order valence-corrected chi connectivity index (χ0v) is 12.6. The number of rotatable bonds is 6. The monoisotopic (exact) mass is 264 g/mol. The SMILES string of the molecule is CCN1CCC(C(C)NCCc2nccn2C)CC1. The molecular formula is C15H28N4. The fourth-order valence-electron chi connectivity index (χ4n) is 2.98. The van der Waals surface area contributed by atoms with Crippen LogP contribution in [0, 0.1) is 5.92 Å². The molecule has 4 nitrogen and oxygen atoms in total. The van der Waals surface area contributed by atoms with Crippen molar-refractivity contribution < 1.29 is 0 Å². The highest BCUT2D eigenvalue weighted by molar-refractivity contribution is 4.92. The Kier molecular flexibility index (Phi) is 5.40. The lowest BCUT2D eigenvalue weighted by Gasteiger charge is -2.34. The number of hydrogen-bond acceptors (Lipinski definition) is 3. The quantitative estimate of drug-likeness (QED) is 0.848. The normalized spacial score (nSPS) is 19.7. The van der Waals surface area contributed by atoms with Crippen LogP contribution in [0.3, 0.4) is 0 Å². The Balaban J connectivity index is 1.67. The van der Waals surface area contributed by atoms with Gasteiger partial charge in [0.1, 0.15) is 5.82 Å². The van der Waals surface area contributed by atoms with Crippen molar-refractivity contribution in [2.75, 3.05) is 26.2 Å². The van der Waals surface area contributed by atoms with E-state index in [0.29, 0.717) is 6.04 Å². The summed E-state index contributed by atoms with van der Waals surface area (Å²) in [6, 6.07) is 0.624. The summed E-state index contributed by atoms with van der Waals surface area (Å²) in [6.45, 7) is 9.37. The van der Waals surface area contributed by atoms with Gasteiger partial charge in [0.25, 0.3) is 0 Å². The largest absolute Gasteiger partial charge is 0.338 e. The predicted molar refractivity (Wildman–Crippen MR) is 79.2 cm³/mol. The summed E-state index contributed by atoms with van der Waals surface area (Å²) < 4.78 is 2.10. The predicted octanol–water partition coefficient (Wildman–Crippen LogP) is 1.67. The van der Waals surface area contributed by atoms with Crippen LogP contribution in [0.5, 0.6) is 0 Å². The van der Waals surface area contributed by atoms with E-state index in [1.165, 1.54) is 38.3 Å². The van der Waals surface area contributed by atoms with Crippen LogP contribution in [0.4, 0.5) is 0 Å². The molecule has 1 N–H and O–H groups in total. The van der Waals surface area contributed by atoms with Gasteiger partial charge in [-0.1, -0.05) is 6.92 Å². The van der Waals surface area contributed by atoms with Gasteiger partial charge >= 0.3 is 0 Å². The molecule has 4 heteroatoms. The average Bonchev–Trinajstić information content (AvgIpc) is 2.84. The van der Waals surface area contributed by atoms with E-state index in [0.717, 1.165) is 18.9 Å². The minimum Gasteiger partial charge on any atom is -0.338 e. The lowest BCUT2D eigenvalue weighted by Crippen LogP contribution is -2.42. The van der Waals surface area contributed by atoms with Crippen molar-refractivity contribution in [1.29, 1.82) is 0 Å². The number of aryl methyl sites for hydroxylation is 1. The third-order valence-electron chi connectivity index (χ3n) is 4.52. The molecule has 0 spiro atoms. The first-order valence-corrected chi connectivity index (χ1v) is 7.62. The van der Waals surface area contributed by atoms with Crippen LogP contribution in [0.15, 0.2) is 12.4 Å². The first-order chi connectivity index (χ1) is 9.20. The first-order valence-electron chi connectivity index (χ1n) is 7.62. The molecule has 0 bridgehead atoms. The van der Waals surface area contributed by atoms with E-state index in [1.807, 2.05) is 12.4 Å². The number of likely N-dealkylation sites (tertiary alicyclic amines) is 1. The van der Waals surface area contributed by atoms with Crippen molar-refractivity contribution in [1.82, 2.24) is 19.8 Å². The Bertz CT molecular complexity index is 366. The molecule has 0 amide bonds. The second kappa shape index (κ2) is 7.06. The lowest BCUT2D eigenvalue weighted by molar-refractivity contribution is 0.169. The number of nitrogens with zero attached hydrogens (tertiary/aromatic N) is 3. The van der Waals surface area contributed by atoms with Crippen molar-refractivity contribution in [3.63, 3.8) is 0 Å². The van der Waals surface area contributed by atoms with Gasteiger partial charge < -0.3 is 14.8 Å². The van der Waals surface area contributed by atoms with Crippen LogP contribution in [-0.4, -0.2) is 46.7 Å². The van der Waals surface area contributed by atoms with Gasteiger partial charge in [0.2, 0.25) is 0 Å². The molecular weight excluding hydrogens is 236 g/mol. The molecule has 0 radical (unpaired) electrons. The molecule has 19 heavy (non-hydrogen) atoms. The van der Waals surface area contributed by atoms with E-state index >= 15 is 0 Å². The van der Waals surface area contributed by atoms with Gasteiger partial charge in [-0.05, 0) is 45.3 Å². The standard InChI is InChI=1S/C15H28N4/c1-4-19-10-6-14(7-11-19)13(2)16-8-5-15-17-9-12-18(15)3/h9,12-14,16H,4-8,10-11H2,1-3H3.